The predicted molar refractivity (Wildman–Crippen MR) is 120 cm³/mol. The molecule has 1 N–H and O–H groups in total. The van der Waals surface area contributed by atoms with Crippen LogP contribution in [-0.4, -0.2) is 29.7 Å². The quantitative estimate of drug-likeness (QED) is 0.565. The molecule has 1 heterocycles. The van der Waals surface area contributed by atoms with Gasteiger partial charge in [-0.05, 0) is 44.4 Å². The summed E-state index contributed by atoms with van der Waals surface area (Å²) < 4.78 is 5.44. The first-order valence-corrected chi connectivity index (χ1v) is 10.1. The third-order valence-corrected chi connectivity index (χ3v) is 4.81. The van der Waals surface area contributed by atoms with Gasteiger partial charge in [0.1, 0.15) is 11.6 Å². The van der Waals surface area contributed by atoms with Crippen LogP contribution in [0.5, 0.6) is 5.75 Å². The normalized spacial score (nSPS) is 10.8. The molecule has 2 aromatic carbocycles. The second-order valence-electron chi connectivity index (χ2n) is 7.39. The molecule has 1 aromatic heterocycles. The molecule has 152 valence electrons. The average Bonchev–Trinajstić information content (AvgIpc) is 2.72. The first-order valence-electron chi connectivity index (χ1n) is 10.1. The van der Waals surface area contributed by atoms with E-state index in [2.05, 4.69) is 54.4 Å². The van der Waals surface area contributed by atoms with Gasteiger partial charge in [-0.2, -0.15) is 4.98 Å². The fraction of sp³-hybridized carbons (Fsp3) is 0.333. The summed E-state index contributed by atoms with van der Waals surface area (Å²) in [6, 6.07) is 20.8. The maximum atomic E-state index is 5.44. The van der Waals surface area contributed by atoms with Crippen molar-refractivity contribution in [3.05, 3.63) is 77.5 Å². The van der Waals surface area contributed by atoms with Gasteiger partial charge in [0, 0.05) is 30.9 Å². The number of aromatic nitrogens is 2. The zero-order valence-corrected chi connectivity index (χ0v) is 17.7. The second-order valence-corrected chi connectivity index (χ2v) is 7.39. The molecule has 0 aliphatic rings. The number of nitrogens with one attached hydrogen (secondary N) is 1. The minimum absolute atomic E-state index is 0.290. The van der Waals surface area contributed by atoms with Crippen molar-refractivity contribution in [3.8, 4) is 5.75 Å². The highest BCUT2D eigenvalue weighted by Gasteiger charge is 2.15. The summed E-state index contributed by atoms with van der Waals surface area (Å²) in [5, 5.41) is 3.45. The van der Waals surface area contributed by atoms with Crippen molar-refractivity contribution in [3.63, 3.8) is 0 Å². The minimum atomic E-state index is 0.290. The topological polar surface area (TPSA) is 50.3 Å². The fourth-order valence-electron chi connectivity index (χ4n) is 3.27. The van der Waals surface area contributed by atoms with Gasteiger partial charge in [0.15, 0.2) is 0 Å². The molecule has 0 amide bonds. The lowest BCUT2D eigenvalue weighted by molar-refractivity contribution is 0.410. The van der Waals surface area contributed by atoms with Gasteiger partial charge in [0.25, 0.3) is 0 Å². The van der Waals surface area contributed by atoms with Crippen molar-refractivity contribution in [2.45, 2.75) is 39.8 Å². The smallest absolute Gasteiger partial charge is 0.228 e. The van der Waals surface area contributed by atoms with Crippen LogP contribution in [-0.2, 0) is 13.0 Å². The van der Waals surface area contributed by atoms with E-state index in [1.54, 1.807) is 7.11 Å². The third-order valence-electron chi connectivity index (χ3n) is 4.81. The molecule has 5 heteroatoms. The highest BCUT2D eigenvalue weighted by Crippen LogP contribution is 2.20. The number of hydrogen-bond donors (Lipinski definition) is 1. The first-order chi connectivity index (χ1) is 14.1. The number of anilines is 2. The van der Waals surface area contributed by atoms with Crippen LogP contribution < -0.4 is 15.0 Å². The molecule has 5 nitrogen and oxygen atoms in total. The molecule has 0 spiro atoms. The summed E-state index contributed by atoms with van der Waals surface area (Å²) in [5.74, 6) is 2.52. The van der Waals surface area contributed by atoms with Gasteiger partial charge in [-0.15, -0.1) is 0 Å². The number of rotatable bonds is 9. The van der Waals surface area contributed by atoms with E-state index in [-0.39, 0.29) is 0 Å². The summed E-state index contributed by atoms with van der Waals surface area (Å²) in [5.41, 5.74) is 3.38. The number of benzene rings is 2. The highest BCUT2D eigenvalue weighted by atomic mass is 16.5. The summed E-state index contributed by atoms with van der Waals surface area (Å²) in [6.45, 7) is 7.91. The number of hydrogen-bond acceptors (Lipinski definition) is 5. The van der Waals surface area contributed by atoms with E-state index in [1.807, 2.05) is 37.3 Å². The molecule has 0 fully saturated rings. The Morgan fingerprint density at radius 1 is 1.00 bits per heavy atom. The molecule has 0 radical (unpaired) electrons. The lowest BCUT2D eigenvalue weighted by atomic mass is 10.1. The van der Waals surface area contributed by atoms with Crippen molar-refractivity contribution in [2.24, 2.45) is 0 Å². The van der Waals surface area contributed by atoms with E-state index in [4.69, 9.17) is 14.7 Å². The van der Waals surface area contributed by atoms with Crippen LogP contribution in [0.2, 0.25) is 0 Å². The van der Waals surface area contributed by atoms with Crippen LogP contribution in [0.1, 0.15) is 30.7 Å². The number of nitrogens with zero attached hydrogens (tertiary/aromatic N) is 3. The second kappa shape index (κ2) is 9.92. The Labute approximate surface area is 173 Å². The monoisotopic (exact) mass is 390 g/mol. The largest absolute Gasteiger partial charge is 0.496 e. The molecule has 0 atom stereocenters. The lowest BCUT2D eigenvalue weighted by Crippen LogP contribution is -2.32. The van der Waals surface area contributed by atoms with Crippen LogP contribution in [0.15, 0.2) is 60.7 Å². The Kier molecular flexibility index (Phi) is 7.06. The minimum Gasteiger partial charge on any atom is -0.496 e. The van der Waals surface area contributed by atoms with E-state index >= 15 is 0 Å². The number of aryl methyl sites for hydroxylation is 1. The Bertz CT molecular complexity index is 912. The summed E-state index contributed by atoms with van der Waals surface area (Å²) in [4.78, 5) is 11.7. The maximum absolute atomic E-state index is 5.44. The van der Waals surface area contributed by atoms with Crippen molar-refractivity contribution in [1.82, 2.24) is 9.97 Å². The van der Waals surface area contributed by atoms with Gasteiger partial charge >= 0.3 is 0 Å². The van der Waals surface area contributed by atoms with Crippen molar-refractivity contribution >= 4 is 11.8 Å². The fourth-order valence-corrected chi connectivity index (χ4v) is 3.27. The van der Waals surface area contributed by atoms with E-state index in [1.165, 1.54) is 11.1 Å². The predicted octanol–water partition coefficient (Wildman–Crippen LogP) is 4.86. The SMILES string of the molecule is COc1ccccc1CCNc1cc(C)nc(N(Cc2ccccc2)C(C)C)n1. The van der Waals surface area contributed by atoms with Crippen LogP contribution in [0, 0.1) is 6.92 Å². The number of ether oxygens (including phenoxy) is 1. The lowest BCUT2D eigenvalue weighted by Gasteiger charge is -2.27. The Morgan fingerprint density at radius 3 is 2.45 bits per heavy atom. The van der Waals surface area contributed by atoms with Gasteiger partial charge < -0.3 is 15.0 Å². The molecule has 0 bridgehead atoms. The Hall–Kier alpha value is -3.08. The van der Waals surface area contributed by atoms with Gasteiger partial charge in [0.2, 0.25) is 5.95 Å². The average molecular weight is 391 g/mol. The zero-order valence-electron chi connectivity index (χ0n) is 17.7. The van der Waals surface area contributed by atoms with Gasteiger partial charge in [0.05, 0.1) is 7.11 Å². The number of methoxy groups -OCH3 is 1. The molecule has 0 saturated carbocycles. The van der Waals surface area contributed by atoms with Gasteiger partial charge in [-0.3, -0.25) is 0 Å². The van der Waals surface area contributed by atoms with Gasteiger partial charge in [-0.25, -0.2) is 4.98 Å². The van der Waals surface area contributed by atoms with Crippen LogP contribution >= 0.6 is 0 Å². The summed E-state index contributed by atoms with van der Waals surface area (Å²) >= 11 is 0. The highest BCUT2D eigenvalue weighted by molar-refractivity contribution is 5.45. The van der Waals surface area contributed by atoms with Crippen LogP contribution in [0.25, 0.3) is 0 Å². The Morgan fingerprint density at radius 2 is 1.72 bits per heavy atom. The molecular weight excluding hydrogens is 360 g/mol. The molecule has 0 aliphatic heterocycles. The maximum Gasteiger partial charge on any atom is 0.228 e. The van der Waals surface area contributed by atoms with E-state index in [0.717, 1.165) is 42.7 Å². The zero-order chi connectivity index (χ0) is 20.6. The van der Waals surface area contributed by atoms with Crippen LogP contribution in [0.4, 0.5) is 11.8 Å². The number of para-hydroxylation sites is 1. The molecular formula is C24H30N4O. The Balaban J connectivity index is 1.72. The van der Waals surface area contributed by atoms with Crippen LogP contribution in [0.3, 0.4) is 0 Å². The van der Waals surface area contributed by atoms with Crippen molar-refractivity contribution in [2.75, 3.05) is 23.9 Å². The molecule has 29 heavy (non-hydrogen) atoms. The molecule has 3 rings (SSSR count). The van der Waals surface area contributed by atoms with E-state index in [9.17, 15) is 0 Å². The molecule has 0 aliphatic carbocycles. The summed E-state index contributed by atoms with van der Waals surface area (Å²) in [6.07, 6.45) is 0.861. The van der Waals surface area contributed by atoms with Crippen molar-refractivity contribution in [1.29, 1.82) is 0 Å². The molecule has 0 unspecified atom stereocenters. The van der Waals surface area contributed by atoms with Gasteiger partial charge in [-0.1, -0.05) is 48.5 Å². The third kappa shape index (κ3) is 5.70. The molecule has 3 aromatic rings. The van der Waals surface area contributed by atoms with E-state index in [0.29, 0.717) is 6.04 Å². The first kappa shape index (κ1) is 20.6. The molecule has 0 saturated heterocycles. The van der Waals surface area contributed by atoms with E-state index < -0.39 is 0 Å². The standard InChI is InChI=1S/C24H30N4O/c1-18(2)28(17-20-10-6-5-7-11-20)24-26-19(3)16-23(27-24)25-15-14-21-12-8-9-13-22(21)29-4/h5-13,16,18H,14-15,17H2,1-4H3,(H,25,26,27). The van der Waals surface area contributed by atoms with Crippen molar-refractivity contribution < 1.29 is 4.74 Å². The summed E-state index contributed by atoms with van der Waals surface area (Å²) in [7, 11) is 1.71.